The number of hydrogen-bond donors (Lipinski definition) is 1. The first-order valence-electron chi connectivity index (χ1n) is 7.16. The first kappa shape index (κ1) is 14.3. The molecule has 2 atom stereocenters. The molecule has 1 aliphatic heterocycles. The lowest BCUT2D eigenvalue weighted by atomic mass is 9.74. The Morgan fingerprint density at radius 1 is 1.14 bits per heavy atom. The normalized spacial score (nSPS) is 24.9. The van der Waals surface area contributed by atoms with Gasteiger partial charge in [-0.25, -0.2) is 0 Å². The van der Waals surface area contributed by atoms with Gasteiger partial charge in [0.05, 0.1) is 6.04 Å². The summed E-state index contributed by atoms with van der Waals surface area (Å²) in [6, 6.07) is 18.7. The van der Waals surface area contributed by atoms with Crippen LogP contribution in [0, 0.1) is 5.41 Å². The molecule has 2 aromatic carbocycles. The van der Waals surface area contributed by atoms with Crippen LogP contribution in [-0.2, 0) is 11.2 Å². The van der Waals surface area contributed by atoms with Crippen molar-refractivity contribution in [3.8, 4) is 0 Å². The Kier molecular flexibility index (Phi) is 3.85. The standard InChI is InChI=1S/C18H18BrNO/c1-18(11-13-7-9-15(19)10-8-13)12-16(21)20-17(18)14-5-3-2-4-6-14/h2-10,17H,11-12H2,1H3,(H,20,21). The molecule has 1 amide bonds. The zero-order chi connectivity index (χ0) is 14.9. The molecule has 1 fully saturated rings. The summed E-state index contributed by atoms with van der Waals surface area (Å²) in [5, 5.41) is 3.14. The summed E-state index contributed by atoms with van der Waals surface area (Å²) in [5.41, 5.74) is 2.35. The van der Waals surface area contributed by atoms with Crippen molar-refractivity contribution in [1.82, 2.24) is 5.32 Å². The highest BCUT2D eigenvalue weighted by atomic mass is 79.9. The molecule has 21 heavy (non-hydrogen) atoms. The first-order valence-corrected chi connectivity index (χ1v) is 7.95. The summed E-state index contributed by atoms with van der Waals surface area (Å²) < 4.78 is 1.08. The van der Waals surface area contributed by atoms with Crippen molar-refractivity contribution in [2.45, 2.75) is 25.8 Å². The van der Waals surface area contributed by atoms with Crippen molar-refractivity contribution in [2.75, 3.05) is 0 Å². The van der Waals surface area contributed by atoms with Gasteiger partial charge in [-0.3, -0.25) is 4.79 Å². The molecule has 108 valence electrons. The van der Waals surface area contributed by atoms with E-state index < -0.39 is 0 Å². The molecule has 3 heteroatoms. The number of rotatable bonds is 3. The minimum absolute atomic E-state index is 0.0786. The van der Waals surface area contributed by atoms with Gasteiger partial charge in [0.2, 0.25) is 5.91 Å². The summed E-state index contributed by atoms with van der Waals surface area (Å²) >= 11 is 3.46. The van der Waals surface area contributed by atoms with Gasteiger partial charge in [0.25, 0.3) is 0 Å². The maximum Gasteiger partial charge on any atom is 0.221 e. The third kappa shape index (κ3) is 3.03. The van der Waals surface area contributed by atoms with E-state index in [-0.39, 0.29) is 17.4 Å². The van der Waals surface area contributed by atoms with Crippen molar-refractivity contribution < 1.29 is 4.79 Å². The van der Waals surface area contributed by atoms with Crippen LogP contribution in [0.2, 0.25) is 0 Å². The van der Waals surface area contributed by atoms with Crippen LogP contribution in [0.15, 0.2) is 59.1 Å². The van der Waals surface area contributed by atoms with Gasteiger partial charge >= 0.3 is 0 Å². The van der Waals surface area contributed by atoms with Crippen molar-refractivity contribution in [3.63, 3.8) is 0 Å². The summed E-state index contributed by atoms with van der Waals surface area (Å²) in [7, 11) is 0. The zero-order valence-corrected chi connectivity index (χ0v) is 13.6. The van der Waals surface area contributed by atoms with Crippen LogP contribution < -0.4 is 5.32 Å². The molecule has 1 aliphatic rings. The van der Waals surface area contributed by atoms with E-state index in [2.05, 4.69) is 64.6 Å². The number of benzene rings is 2. The van der Waals surface area contributed by atoms with Crippen LogP contribution in [0.5, 0.6) is 0 Å². The molecule has 1 N–H and O–H groups in total. The molecule has 3 rings (SSSR count). The van der Waals surface area contributed by atoms with Gasteiger partial charge in [-0.05, 0) is 29.7 Å². The van der Waals surface area contributed by atoms with Gasteiger partial charge in [-0.1, -0.05) is 65.3 Å². The number of halogens is 1. The van der Waals surface area contributed by atoms with E-state index in [0.29, 0.717) is 6.42 Å². The third-order valence-corrected chi connectivity index (χ3v) is 4.75. The van der Waals surface area contributed by atoms with Crippen LogP contribution in [0.3, 0.4) is 0 Å². The van der Waals surface area contributed by atoms with Crippen LogP contribution in [0.4, 0.5) is 0 Å². The van der Waals surface area contributed by atoms with Crippen LogP contribution >= 0.6 is 15.9 Å². The number of carbonyl (C=O) groups is 1. The van der Waals surface area contributed by atoms with E-state index in [1.165, 1.54) is 11.1 Å². The van der Waals surface area contributed by atoms with Crippen molar-refractivity contribution in [2.24, 2.45) is 5.41 Å². The maximum atomic E-state index is 12.0. The first-order chi connectivity index (χ1) is 10.1. The minimum atomic E-state index is -0.0910. The van der Waals surface area contributed by atoms with E-state index in [0.717, 1.165) is 10.9 Å². The molecule has 1 saturated heterocycles. The fourth-order valence-corrected chi connectivity index (χ4v) is 3.48. The predicted octanol–water partition coefficient (Wildman–Crippen LogP) is 4.26. The molecule has 0 saturated carbocycles. The van der Waals surface area contributed by atoms with Crippen LogP contribution in [-0.4, -0.2) is 5.91 Å². The molecule has 2 unspecified atom stereocenters. The largest absolute Gasteiger partial charge is 0.349 e. The predicted molar refractivity (Wildman–Crippen MR) is 87.9 cm³/mol. The van der Waals surface area contributed by atoms with Gasteiger partial charge < -0.3 is 5.32 Å². The summed E-state index contributed by atoms with van der Waals surface area (Å²) in [6.07, 6.45) is 1.46. The minimum Gasteiger partial charge on any atom is -0.349 e. The Morgan fingerprint density at radius 3 is 2.48 bits per heavy atom. The summed E-state index contributed by atoms with van der Waals surface area (Å²) in [5.74, 6) is 0.142. The Hall–Kier alpha value is -1.61. The van der Waals surface area contributed by atoms with Crippen LogP contribution in [0.25, 0.3) is 0 Å². The smallest absolute Gasteiger partial charge is 0.221 e. The highest BCUT2D eigenvalue weighted by Gasteiger charge is 2.43. The number of carbonyl (C=O) groups excluding carboxylic acids is 1. The molecule has 0 spiro atoms. The molecular weight excluding hydrogens is 326 g/mol. The Morgan fingerprint density at radius 2 is 1.81 bits per heavy atom. The van der Waals surface area contributed by atoms with Gasteiger partial charge in [-0.15, -0.1) is 0 Å². The maximum absolute atomic E-state index is 12.0. The van der Waals surface area contributed by atoms with Gasteiger partial charge in [0, 0.05) is 16.3 Å². The number of hydrogen-bond acceptors (Lipinski definition) is 1. The molecule has 2 nitrogen and oxygen atoms in total. The average molecular weight is 344 g/mol. The fourth-order valence-electron chi connectivity index (χ4n) is 3.22. The SMILES string of the molecule is CC1(Cc2ccc(Br)cc2)CC(=O)NC1c1ccccc1. The van der Waals surface area contributed by atoms with Gasteiger partial charge in [0.1, 0.15) is 0 Å². The van der Waals surface area contributed by atoms with Crippen LogP contribution in [0.1, 0.15) is 30.5 Å². The fraction of sp³-hybridized carbons (Fsp3) is 0.278. The van der Waals surface area contributed by atoms with E-state index in [1.807, 2.05) is 18.2 Å². The topological polar surface area (TPSA) is 29.1 Å². The highest BCUT2D eigenvalue weighted by molar-refractivity contribution is 9.10. The van der Waals surface area contributed by atoms with Crippen molar-refractivity contribution in [3.05, 3.63) is 70.2 Å². The summed E-state index contributed by atoms with van der Waals surface area (Å²) in [6.45, 7) is 2.20. The van der Waals surface area contributed by atoms with Gasteiger partial charge in [-0.2, -0.15) is 0 Å². The zero-order valence-electron chi connectivity index (χ0n) is 12.0. The average Bonchev–Trinajstić information content (AvgIpc) is 2.77. The van der Waals surface area contributed by atoms with E-state index >= 15 is 0 Å². The highest BCUT2D eigenvalue weighted by Crippen LogP contribution is 2.44. The quantitative estimate of drug-likeness (QED) is 0.886. The Bertz CT molecular complexity index is 638. The second-order valence-corrected chi connectivity index (χ2v) is 6.96. The number of nitrogens with one attached hydrogen (secondary N) is 1. The lowest BCUT2D eigenvalue weighted by molar-refractivity contribution is -0.119. The number of amides is 1. The van der Waals surface area contributed by atoms with E-state index in [9.17, 15) is 4.79 Å². The molecule has 0 bridgehead atoms. The Balaban J connectivity index is 1.89. The molecular formula is C18H18BrNO. The van der Waals surface area contributed by atoms with Crippen molar-refractivity contribution >= 4 is 21.8 Å². The van der Waals surface area contributed by atoms with Crippen molar-refractivity contribution in [1.29, 1.82) is 0 Å². The van der Waals surface area contributed by atoms with E-state index in [4.69, 9.17) is 0 Å². The monoisotopic (exact) mass is 343 g/mol. The molecule has 0 radical (unpaired) electrons. The van der Waals surface area contributed by atoms with Gasteiger partial charge in [0.15, 0.2) is 0 Å². The lowest BCUT2D eigenvalue weighted by Crippen LogP contribution is -2.28. The Labute approximate surface area is 133 Å². The lowest BCUT2D eigenvalue weighted by Gasteiger charge is -2.30. The van der Waals surface area contributed by atoms with E-state index in [1.54, 1.807) is 0 Å². The molecule has 0 aliphatic carbocycles. The second-order valence-electron chi connectivity index (χ2n) is 6.05. The molecule has 2 aromatic rings. The second kappa shape index (κ2) is 5.64. The summed E-state index contributed by atoms with van der Waals surface area (Å²) in [4.78, 5) is 12.0. The third-order valence-electron chi connectivity index (χ3n) is 4.22. The molecule has 0 aromatic heterocycles. The molecule has 1 heterocycles.